The molecular formula is C38H29Cl2F5N6O8. The van der Waals surface area contributed by atoms with Crippen LogP contribution in [-0.2, 0) is 36.1 Å². The highest BCUT2D eigenvalue weighted by Gasteiger charge is 2.76. The Bertz CT molecular complexity index is 2920. The molecule has 2 amide bonds. The lowest BCUT2D eigenvalue weighted by Gasteiger charge is -2.49. The molecule has 3 aliphatic rings. The first-order valence-electron chi connectivity index (χ1n) is 17.7. The Morgan fingerprint density at radius 1 is 0.898 bits per heavy atom. The van der Waals surface area contributed by atoms with Crippen molar-refractivity contribution >= 4 is 51.7 Å². The van der Waals surface area contributed by atoms with Gasteiger partial charge in [0.15, 0.2) is 44.5 Å². The highest BCUT2D eigenvalue weighted by Crippen LogP contribution is 2.65. The van der Waals surface area contributed by atoms with Gasteiger partial charge in [-0.2, -0.15) is 0 Å². The van der Waals surface area contributed by atoms with E-state index in [9.17, 15) is 42.3 Å². The Balaban J connectivity index is 1.26. The molecule has 2 fully saturated rings. The second-order valence-electron chi connectivity index (χ2n) is 14.3. The summed E-state index contributed by atoms with van der Waals surface area (Å²) in [5.74, 6) is -17.4. The highest BCUT2D eigenvalue weighted by atomic mass is 35.5. The third-order valence-corrected chi connectivity index (χ3v) is 12.8. The summed E-state index contributed by atoms with van der Waals surface area (Å²) < 4.78 is 88.5. The van der Waals surface area contributed by atoms with E-state index in [-0.39, 0.29) is 46.8 Å². The summed E-state index contributed by atoms with van der Waals surface area (Å²) in [4.78, 5) is 69.0. The quantitative estimate of drug-likeness (QED) is 0.0632. The number of aryl methyl sites for hydroxylation is 3. The molecule has 0 radical (unpaired) electrons. The Hall–Kier alpha value is -5.95. The van der Waals surface area contributed by atoms with E-state index < -0.39 is 97.4 Å². The minimum Gasteiger partial charge on any atom is -0.507 e. The number of aromatic hydroxyl groups is 1. The predicted molar refractivity (Wildman–Crippen MR) is 200 cm³/mol. The third kappa shape index (κ3) is 5.22. The molecule has 2 aromatic heterocycles. The number of aromatic nitrogens is 5. The number of carbonyl (C=O) groups is 2. The number of nitrogens with zero attached hydrogens (tertiary/aromatic N) is 6. The summed E-state index contributed by atoms with van der Waals surface area (Å²) in [5.41, 5.74) is -3.43. The van der Waals surface area contributed by atoms with Crippen molar-refractivity contribution in [1.82, 2.24) is 23.5 Å². The standard InChI is InChI=1S/C38H29Cl2F5N6O8/c1-15-6-5-7-17(31(15)52)24-16-8-11-49-35(56)48(10-9-18-32(53)47(2)20-13-23(59-4)22(58-3)12-19(20)46-18)36(57)51(49)21(16)14-37(39)33(54)50(34(55)38(24,37)40)30-28(44)26(42)25(41)27(43)29(30)45/h5-8,12-13,21,24,52H,9-11,14H2,1-4H3/t21-,24-,37-,38+/m1/s1. The summed E-state index contributed by atoms with van der Waals surface area (Å²) in [6.45, 7) is 0.755. The lowest BCUT2D eigenvalue weighted by atomic mass is 9.64. The zero-order valence-corrected chi connectivity index (χ0v) is 32.6. The molecule has 0 unspecified atom stereocenters. The van der Waals surface area contributed by atoms with E-state index in [0.29, 0.717) is 22.5 Å². The van der Waals surface area contributed by atoms with Crippen LogP contribution < -0.4 is 31.3 Å². The molecule has 308 valence electrons. The highest BCUT2D eigenvalue weighted by molar-refractivity contribution is 6.58. The normalized spacial score (nSPS) is 22.4. The number of amides is 2. The molecule has 21 heteroatoms. The average Bonchev–Trinajstić information content (AvgIpc) is 3.54. The molecule has 0 spiro atoms. The van der Waals surface area contributed by atoms with Crippen LogP contribution in [0.25, 0.3) is 11.0 Å². The van der Waals surface area contributed by atoms with Gasteiger partial charge in [0.05, 0.1) is 37.8 Å². The molecule has 1 N–H and O–H groups in total. The van der Waals surface area contributed by atoms with Gasteiger partial charge < -0.3 is 19.1 Å². The molecule has 5 aromatic rings. The summed E-state index contributed by atoms with van der Waals surface area (Å²) in [5, 5.41) is 11.4. The van der Waals surface area contributed by atoms with Crippen molar-refractivity contribution in [2.45, 2.75) is 54.6 Å². The fourth-order valence-electron chi connectivity index (χ4n) is 8.42. The largest absolute Gasteiger partial charge is 0.507 e. The first kappa shape index (κ1) is 39.9. The topological polar surface area (TPSA) is 160 Å². The van der Waals surface area contributed by atoms with E-state index in [1.807, 2.05) is 0 Å². The van der Waals surface area contributed by atoms with Crippen LogP contribution in [-0.4, -0.2) is 64.4 Å². The molecule has 1 aliphatic carbocycles. The van der Waals surface area contributed by atoms with E-state index >= 15 is 8.78 Å². The van der Waals surface area contributed by atoms with E-state index in [1.165, 1.54) is 57.0 Å². The van der Waals surface area contributed by atoms with Gasteiger partial charge in [0.1, 0.15) is 17.1 Å². The van der Waals surface area contributed by atoms with Crippen LogP contribution in [0.3, 0.4) is 0 Å². The Morgan fingerprint density at radius 3 is 2.17 bits per heavy atom. The predicted octanol–water partition coefficient (Wildman–Crippen LogP) is 4.23. The van der Waals surface area contributed by atoms with Crippen LogP contribution in [0.4, 0.5) is 27.6 Å². The Labute approximate surface area is 337 Å². The number of phenolic OH excluding ortho intramolecular Hbond substituents is 1. The fourth-order valence-corrected chi connectivity index (χ4v) is 9.32. The van der Waals surface area contributed by atoms with Crippen molar-refractivity contribution in [3.63, 3.8) is 0 Å². The van der Waals surface area contributed by atoms with Crippen molar-refractivity contribution < 1.29 is 46.1 Å². The molecule has 8 rings (SSSR count). The molecule has 2 aliphatic heterocycles. The van der Waals surface area contributed by atoms with E-state index in [0.717, 1.165) is 13.9 Å². The van der Waals surface area contributed by atoms with Crippen LogP contribution in [0.2, 0.25) is 0 Å². The van der Waals surface area contributed by atoms with Gasteiger partial charge in [-0.25, -0.2) is 55.4 Å². The van der Waals surface area contributed by atoms with Gasteiger partial charge in [0.2, 0.25) is 5.82 Å². The van der Waals surface area contributed by atoms with Crippen molar-refractivity contribution in [2.75, 3.05) is 19.1 Å². The lowest BCUT2D eigenvalue weighted by molar-refractivity contribution is -0.122. The first-order chi connectivity index (χ1) is 27.8. The number of phenols is 1. The van der Waals surface area contributed by atoms with Crippen molar-refractivity contribution in [2.24, 2.45) is 7.05 Å². The summed E-state index contributed by atoms with van der Waals surface area (Å²) in [6.07, 6.45) is 0.351. The molecule has 3 aromatic carbocycles. The molecule has 59 heavy (non-hydrogen) atoms. The fraction of sp³-hybridized carbons (Fsp3) is 0.316. The van der Waals surface area contributed by atoms with Gasteiger partial charge in [-0.1, -0.05) is 24.3 Å². The molecule has 1 saturated heterocycles. The number of carbonyl (C=O) groups excluding carboxylic acids is 2. The van der Waals surface area contributed by atoms with Crippen LogP contribution >= 0.6 is 23.2 Å². The molecular weight excluding hydrogens is 834 g/mol. The van der Waals surface area contributed by atoms with Crippen LogP contribution in [0.5, 0.6) is 17.2 Å². The molecule has 4 heterocycles. The summed E-state index contributed by atoms with van der Waals surface area (Å²) >= 11 is 14.2. The molecule has 4 atom stereocenters. The van der Waals surface area contributed by atoms with Gasteiger partial charge in [0.25, 0.3) is 17.4 Å². The Morgan fingerprint density at radius 2 is 1.53 bits per heavy atom. The second kappa shape index (κ2) is 13.6. The number of ether oxygens (including phenoxy) is 2. The van der Waals surface area contributed by atoms with Gasteiger partial charge in [-0.3, -0.25) is 14.4 Å². The zero-order valence-electron chi connectivity index (χ0n) is 31.1. The van der Waals surface area contributed by atoms with Gasteiger partial charge in [-0.15, -0.1) is 23.2 Å². The first-order valence-corrected chi connectivity index (χ1v) is 18.4. The van der Waals surface area contributed by atoms with Gasteiger partial charge in [0, 0.05) is 50.0 Å². The van der Waals surface area contributed by atoms with E-state index in [1.54, 1.807) is 12.1 Å². The van der Waals surface area contributed by atoms with E-state index in [2.05, 4.69) is 4.98 Å². The molecule has 1 saturated carbocycles. The number of methoxy groups -OCH3 is 2. The molecule has 0 bridgehead atoms. The number of halogens is 7. The van der Waals surface area contributed by atoms with Crippen molar-refractivity contribution in [3.8, 4) is 17.2 Å². The number of rotatable bonds is 7. The SMILES string of the molecule is COc1cc2nc(CCn3c(=O)n4n(c3=O)[C@@H]3C[C@@]5(Cl)C(=O)N(c6c(F)c(F)c(F)c(F)c6F)C(=O)[C@@]5(Cl)[C@@H](c5cccc(C)c5O)C3=CC4)c(=O)n(C)c2cc1OC. The number of para-hydroxylation sites is 1. The van der Waals surface area contributed by atoms with Crippen molar-refractivity contribution in [3.05, 3.63) is 119 Å². The van der Waals surface area contributed by atoms with Crippen LogP contribution in [0.15, 0.2) is 56.4 Å². The summed E-state index contributed by atoms with van der Waals surface area (Å²) in [7, 11) is 4.34. The lowest BCUT2D eigenvalue weighted by Crippen LogP contribution is -2.59. The number of allylic oxidation sites excluding steroid dienone is 2. The van der Waals surface area contributed by atoms with Crippen molar-refractivity contribution in [1.29, 1.82) is 0 Å². The number of hydrogen-bond acceptors (Lipinski definition) is 9. The average molecular weight is 864 g/mol. The number of benzene rings is 3. The smallest absolute Gasteiger partial charge is 0.347 e. The second-order valence-corrected chi connectivity index (χ2v) is 15.5. The summed E-state index contributed by atoms with van der Waals surface area (Å²) in [6, 6.07) is 5.94. The monoisotopic (exact) mass is 862 g/mol. The van der Waals surface area contributed by atoms with Crippen LogP contribution in [0.1, 0.15) is 35.2 Å². The van der Waals surface area contributed by atoms with Gasteiger partial charge in [-0.05, 0) is 18.1 Å². The number of fused-ring (bicyclic) bond motifs is 5. The number of anilines is 1. The van der Waals surface area contributed by atoms with Crippen LogP contribution in [0, 0.1) is 36.0 Å². The van der Waals surface area contributed by atoms with E-state index in [4.69, 9.17) is 32.7 Å². The maximum atomic E-state index is 15.3. The Kier molecular flexibility index (Phi) is 9.15. The number of hydrogen-bond donors (Lipinski definition) is 1. The maximum Gasteiger partial charge on any atom is 0.347 e. The number of imide groups is 1. The number of alkyl halides is 2. The van der Waals surface area contributed by atoms with Gasteiger partial charge >= 0.3 is 11.4 Å². The third-order valence-electron chi connectivity index (χ3n) is 11.4. The minimum absolute atomic E-state index is 0.0194. The zero-order chi connectivity index (χ0) is 42.8. The minimum atomic E-state index is -2.83. The maximum absolute atomic E-state index is 15.3. The molecule has 14 nitrogen and oxygen atoms in total.